The Balaban J connectivity index is 2.41. The number of hydrogen-bond donors (Lipinski definition) is 2. The lowest BCUT2D eigenvalue weighted by molar-refractivity contribution is -0.122. The van der Waals surface area contributed by atoms with E-state index in [4.69, 9.17) is 5.11 Å². The lowest BCUT2D eigenvalue weighted by Gasteiger charge is -2.26. The molecular weight excluding hydrogens is 352 g/mol. The summed E-state index contributed by atoms with van der Waals surface area (Å²) >= 11 is 3.05. The zero-order valence-corrected chi connectivity index (χ0v) is 12.6. The van der Waals surface area contributed by atoms with E-state index in [1.807, 2.05) is 0 Å². The summed E-state index contributed by atoms with van der Waals surface area (Å²) in [6.45, 7) is 0.133. The first-order chi connectivity index (χ1) is 9.32. The van der Waals surface area contributed by atoms with Crippen LogP contribution in [0.15, 0.2) is 27.6 Å². The smallest absolute Gasteiger partial charge is 0.336 e. The Morgan fingerprint density at radius 2 is 2.10 bits per heavy atom. The summed E-state index contributed by atoms with van der Waals surface area (Å²) < 4.78 is 26.0. The Morgan fingerprint density at radius 3 is 2.70 bits per heavy atom. The Labute approximate surface area is 123 Å². The standard InChI is InChI=1S/C11H11BrN2O5S/c12-9-2-1-7(5-8(9)11(16)17)20(18,19)14-4-3-13-10(15)6-14/h1-2,5H,3-4,6H2,(H,13,15)(H,16,17). The average Bonchev–Trinajstić information content (AvgIpc) is 2.38. The minimum absolute atomic E-state index is 0.146. The van der Waals surface area contributed by atoms with Crippen molar-refractivity contribution in [3.8, 4) is 0 Å². The highest BCUT2D eigenvalue weighted by atomic mass is 79.9. The van der Waals surface area contributed by atoms with Gasteiger partial charge in [0.15, 0.2) is 0 Å². The molecule has 1 aromatic carbocycles. The van der Waals surface area contributed by atoms with Crippen LogP contribution in [-0.2, 0) is 14.8 Å². The van der Waals surface area contributed by atoms with E-state index >= 15 is 0 Å². The van der Waals surface area contributed by atoms with Gasteiger partial charge in [-0.2, -0.15) is 4.31 Å². The molecule has 0 bridgehead atoms. The van der Waals surface area contributed by atoms with Crippen molar-refractivity contribution in [2.75, 3.05) is 19.6 Å². The second-order valence-corrected chi connectivity index (χ2v) is 6.93. The summed E-state index contributed by atoms with van der Waals surface area (Å²) in [4.78, 5) is 22.1. The Morgan fingerprint density at radius 1 is 1.40 bits per heavy atom. The van der Waals surface area contributed by atoms with E-state index in [9.17, 15) is 18.0 Å². The van der Waals surface area contributed by atoms with Crippen LogP contribution in [0.2, 0.25) is 0 Å². The lowest BCUT2D eigenvalue weighted by atomic mass is 10.2. The van der Waals surface area contributed by atoms with Crippen molar-refractivity contribution in [1.29, 1.82) is 0 Å². The molecule has 0 saturated carbocycles. The van der Waals surface area contributed by atoms with Gasteiger partial charge in [-0.1, -0.05) is 0 Å². The van der Waals surface area contributed by atoms with Crippen LogP contribution in [0.25, 0.3) is 0 Å². The van der Waals surface area contributed by atoms with Gasteiger partial charge >= 0.3 is 5.97 Å². The summed E-state index contributed by atoms with van der Waals surface area (Å²) in [5.74, 6) is -1.61. The number of carbonyl (C=O) groups excluding carboxylic acids is 1. The minimum atomic E-state index is -3.88. The van der Waals surface area contributed by atoms with Crippen LogP contribution in [0, 0.1) is 0 Å². The number of nitrogens with one attached hydrogen (secondary N) is 1. The van der Waals surface area contributed by atoms with E-state index in [0.717, 1.165) is 10.4 Å². The maximum absolute atomic E-state index is 12.4. The first kappa shape index (κ1) is 14.9. The molecule has 1 saturated heterocycles. The van der Waals surface area contributed by atoms with Gasteiger partial charge in [-0.25, -0.2) is 13.2 Å². The van der Waals surface area contributed by atoms with Gasteiger partial charge in [-0.3, -0.25) is 4.79 Å². The molecule has 0 spiro atoms. The van der Waals surface area contributed by atoms with Crippen LogP contribution in [0.3, 0.4) is 0 Å². The number of halogens is 1. The fraction of sp³-hybridized carbons (Fsp3) is 0.273. The molecule has 1 amide bonds. The van der Waals surface area contributed by atoms with Gasteiger partial charge in [0, 0.05) is 17.6 Å². The minimum Gasteiger partial charge on any atom is -0.478 e. The van der Waals surface area contributed by atoms with Crippen molar-refractivity contribution < 1.29 is 23.1 Å². The number of hydrogen-bond acceptors (Lipinski definition) is 4. The Bertz CT molecular complexity index is 673. The van der Waals surface area contributed by atoms with Gasteiger partial charge in [0.25, 0.3) is 0 Å². The second-order valence-electron chi connectivity index (χ2n) is 4.14. The van der Waals surface area contributed by atoms with E-state index in [1.165, 1.54) is 12.1 Å². The third kappa shape index (κ3) is 2.84. The molecule has 7 nitrogen and oxygen atoms in total. The Hall–Kier alpha value is -1.45. The number of carboxylic acids is 1. The van der Waals surface area contributed by atoms with Crippen LogP contribution in [0.5, 0.6) is 0 Å². The fourth-order valence-corrected chi connectivity index (χ4v) is 3.64. The topological polar surface area (TPSA) is 104 Å². The number of piperazine rings is 1. The Kier molecular flexibility index (Phi) is 4.11. The van der Waals surface area contributed by atoms with E-state index in [2.05, 4.69) is 21.2 Å². The molecule has 2 N–H and O–H groups in total. The zero-order chi connectivity index (χ0) is 14.9. The van der Waals surface area contributed by atoms with E-state index in [1.54, 1.807) is 0 Å². The molecule has 1 heterocycles. The van der Waals surface area contributed by atoms with Crippen molar-refractivity contribution in [2.24, 2.45) is 0 Å². The average molecular weight is 363 g/mol. The highest BCUT2D eigenvalue weighted by Crippen LogP contribution is 2.23. The zero-order valence-electron chi connectivity index (χ0n) is 10.2. The monoisotopic (exact) mass is 362 g/mol. The summed E-state index contributed by atoms with van der Waals surface area (Å²) in [5, 5.41) is 11.5. The van der Waals surface area contributed by atoms with Crippen LogP contribution in [0.1, 0.15) is 10.4 Å². The van der Waals surface area contributed by atoms with Crippen LogP contribution in [0.4, 0.5) is 0 Å². The first-order valence-corrected chi connectivity index (χ1v) is 7.85. The number of nitrogens with zero attached hydrogens (tertiary/aromatic N) is 1. The number of benzene rings is 1. The normalized spacial score (nSPS) is 16.8. The highest BCUT2D eigenvalue weighted by molar-refractivity contribution is 9.10. The molecule has 0 unspecified atom stereocenters. The van der Waals surface area contributed by atoms with Crippen molar-refractivity contribution in [3.05, 3.63) is 28.2 Å². The maximum Gasteiger partial charge on any atom is 0.336 e. The molecule has 0 aliphatic carbocycles. The van der Waals surface area contributed by atoms with E-state index in [-0.39, 0.29) is 36.0 Å². The molecule has 0 radical (unpaired) electrons. The summed E-state index contributed by atoms with van der Waals surface area (Å²) in [7, 11) is -3.88. The molecule has 9 heteroatoms. The van der Waals surface area contributed by atoms with Gasteiger partial charge in [-0.15, -0.1) is 0 Å². The molecule has 20 heavy (non-hydrogen) atoms. The molecule has 0 atom stereocenters. The first-order valence-electron chi connectivity index (χ1n) is 5.62. The van der Waals surface area contributed by atoms with Crippen LogP contribution in [-0.4, -0.2) is 49.3 Å². The molecular formula is C11H11BrN2O5S. The van der Waals surface area contributed by atoms with Crippen molar-refractivity contribution in [1.82, 2.24) is 9.62 Å². The molecule has 0 aromatic heterocycles. The third-order valence-electron chi connectivity index (χ3n) is 2.81. The third-order valence-corrected chi connectivity index (χ3v) is 5.34. The predicted octanol–water partition coefficient (Wildman–Crippen LogP) is 0.268. The summed E-state index contributed by atoms with van der Waals surface area (Å²) in [6, 6.07) is 3.74. The predicted molar refractivity (Wildman–Crippen MR) is 72.9 cm³/mol. The van der Waals surface area contributed by atoms with Crippen LogP contribution < -0.4 is 5.32 Å². The van der Waals surface area contributed by atoms with Crippen molar-refractivity contribution >= 4 is 37.8 Å². The number of carboxylic acid groups (broad SMARTS) is 1. The molecule has 1 aromatic rings. The molecule has 2 rings (SSSR count). The van der Waals surface area contributed by atoms with Gasteiger partial charge in [0.05, 0.1) is 17.0 Å². The number of carbonyl (C=O) groups is 2. The second kappa shape index (κ2) is 5.51. The quantitative estimate of drug-likeness (QED) is 0.802. The van der Waals surface area contributed by atoms with Crippen molar-refractivity contribution in [2.45, 2.75) is 4.90 Å². The molecule has 108 valence electrons. The summed E-state index contributed by atoms with van der Waals surface area (Å²) in [6.07, 6.45) is 0. The number of amides is 1. The highest BCUT2D eigenvalue weighted by Gasteiger charge is 2.29. The van der Waals surface area contributed by atoms with Crippen molar-refractivity contribution in [3.63, 3.8) is 0 Å². The molecule has 1 fully saturated rings. The van der Waals surface area contributed by atoms with Gasteiger partial charge in [-0.05, 0) is 34.1 Å². The largest absolute Gasteiger partial charge is 0.478 e. The van der Waals surface area contributed by atoms with Gasteiger partial charge in [0.2, 0.25) is 15.9 Å². The van der Waals surface area contributed by atoms with Gasteiger partial charge < -0.3 is 10.4 Å². The fourth-order valence-electron chi connectivity index (χ4n) is 1.80. The van der Waals surface area contributed by atoms with Gasteiger partial charge in [0.1, 0.15) is 0 Å². The summed E-state index contributed by atoms with van der Waals surface area (Å²) in [5.41, 5.74) is -0.146. The number of aromatic carboxylic acids is 1. The number of sulfonamides is 1. The number of rotatable bonds is 3. The lowest BCUT2D eigenvalue weighted by Crippen LogP contribution is -2.49. The van der Waals surface area contributed by atoms with E-state index in [0.29, 0.717) is 4.47 Å². The molecule has 1 aliphatic heterocycles. The van der Waals surface area contributed by atoms with E-state index < -0.39 is 16.0 Å². The maximum atomic E-state index is 12.4. The van der Waals surface area contributed by atoms with Crippen LogP contribution >= 0.6 is 15.9 Å². The molecule has 1 aliphatic rings. The SMILES string of the molecule is O=C1CN(S(=O)(=O)c2ccc(Br)c(C(=O)O)c2)CCN1.